The third-order valence-electron chi connectivity index (χ3n) is 2.80. The summed E-state index contributed by atoms with van der Waals surface area (Å²) in [6, 6.07) is 7.95. The average Bonchev–Trinajstić information content (AvgIpc) is 2.96. The van der Waals surface area contributed by atoms with Crippen molar-refractivity contribution in [2.45, 2.75) is 26.4 Å². The molecule has 0 aliphatic carbocycles. The van der Waals surface area contributed by atoms with Gasteiger partial charge < -0.3 is 4.74 Å². The summed E-state index contributed by atoms with van der Waals surface area (Å²) in [5, 5.41) is 11.6. The van der Waals surface area contributed by atoms with Gasteiger partial charge in [-0.25, -0.2) is 0 Å². The van der Waals surface area contributed by atoms with Crippen LogP contribution in [0.1, 0.15) is 30.5 Å². The number of benzene rings is 1. The minimum Gasteiger partial charge on any atom is -0.483 e. The Balaban J connectivity index is 1.99. The Hall–Kier alpha value is -1.66. The van der Waals surface area contributed by atoms with Crippen molar-refractivity contribution in [3.8, 4) is 5.75 Å². The van der Waals surface area contributed by atoms with Gasteiger partial charge in [0, 0.05) is 0 Å². The van der Waals surface area contributed by atoms with E-state index in [1.165, 1.54) is 16.9 Å². The quantitative estimate of drug-likeness (QED) is 0.826. The Bertz CT molecular complexity index is 601. The topological polar surface area (TPSA) is 64.1 Å². The summed E-state index contributed by atoms with van der Waals surface area (Å²) in [5.74, 6) is 0.370. The van der Waals surface area contributed by atoms with Crippen molar-refractivity contribution >= 4 is 34.0 Å². The van der Waals surface area contributed by atoms with Gasteiger partial charge in [0.2, 0.25) is 11.0 Å². The summed E-state index contributed by atoms with van der Waals surface area (Å²) in [5.41, 5.74) is 1.26. The maximum absolute atomic E-state index is 11.2. The van der Waals surface area contributed by atoms with Gasteiger partial charge in [-0.1, -0.05) is 30.4 Å². The molecule has 0 saturated carbocycles. The highest BCUT2D eigenvalue weighted by Crippen LogP contribution is 2.26. The van der Waals surface area contributed by atoms with Crippen LogP contribution in [0.25, 0.3) is 0 Å². The Kier molecular flexibility index (Phi) is 5.52. The minimum absolute atomic E-state index is 0.106. The first kappa shape index (κ1) is 15.7. The zero-order chi connectivity index (χ0) is 15.2. The molecule has 1 N–H and O–H groups in total. The third-order valence-corrected chi connectivity index (χ3v) is 4.04. The fourth-order valence-corrected chi connectivity index (χ4v) is 2.47. The molecule has 7 heteroatoms. The molecule has 1 amide bonds. The van der Waals surface area contributed by atoms with E-state index in [9.17, 15) is 4.79 Å². The second-order valence-corrected chi connectivity index (χ2v) is 5.66. The standard InChI is InChI=1S/C14H16ClN3O2S/c1-3-10-4-6-11(7-5-10)20-9(2)13-17-18-14(21-13)16-12(19)8-15/h4-7,9H,3,8H2,1-2H3,(H,16,18,19). The van der Waals surface area contributed by atoms with Gasteiger partial charge in [-0.05, 0) is 31.0 Å². The summed E-state index contributed by atoms with van der Waals surface area (Å²) < 4.78 is 5.81. The number of anilines is 1. The van der Waals surface area contributed by atoms with E-state index in [-0.39, 0.29) is 17.9 Å². The number of hydrogen-bond donors (Lipinski definition) is 1. The first-order chi connectivity index (χ1) is 10.1. The predicted molar refractivity (Wildman–Crippen MR) is 84.1 cm³/mol. The molecule has 0 saturated heterocycles. The molecule has 1 heterocycles. The molecule has 1 atom stereocenters. The van der Waals surface area contributed by atoms with Crippen molar-refractivity contribution in [1.82, 2.24) is 10.2 Å². The highest BCUT2D eigenvalue weighted by Gasteiger charge is 2.14. The molecule has 0 radical (unpaired) electrons. The number of nitrogens with one attached hydrogen (secondary N) is 1. The van der Waals surface area contributed by atoms with E-state index in [2.05, 4.69) is 22.4 Å². The zero-order valence-electron chi connectivity index (χ0n) is 11.8. The zero-order valence-corrected chi connectivity index (χ0v) is 13.4. The van der Waals surface area contributed by atoms with E-state index in [0.717, 1.165) is 12.2 Å². The maximum atomic E-state index is 11.2. The number of alkyl halides is 1. The van der Waals surface area contributed by atoms with Gasteiger partial charge in [0.1, 0.15) is 17.7 Å². The van der Waals surface area contributed by atoms with Crippen molar-refractivity contribution in [1.29, 1.82) is 0 Å². The van der Waals surface area contributed by atoms with Gasteiger partial charge in [0.15, 0.2) is 5.01 Å². The fraction of sp³-hybridized carbons (Fsp3) is 0.357. The number of rotatable bonds is 6. The van der Waals surface area contributed by atoms with Gasteiger partial charge in [-0.15, -0.1) is 21.8 Å². The van der Waals surface area contributed by atoms with E-state index in [4.69, 9.17) is 16.3 Å². The molecule has 0 bridgehead atoms. The second-order valence-electron chi connectivity index (χ2n) is 4.38. The minimum atomic E-state index is -0.303. The number of ether oxygens (including phenoxy) is 1. The number of carbonyl (C=O) groups is 1. The molecule has 2 rings (SSSR count). The smallest absolute Gasteiger partial charge is 0.241 e. The molecule has 1 aromatic carbocycles. The molecular weight excluding hydrogens is 310 g/mol. The first-order valence-electron chi connectivity index (χ1n) is 6.57. The number of hydrogen-bond acceptors (Lipinski definition) is 5. The van der Waals surface area contributed by atoms with Crippen molar-refractivity contribution < 1.29 is 9.53 Å². The summed E-state index contributed by atoms with van der Waals surface area (Å²) in [6.07, 6.45) is 0.757. The van der Waals surface area contributed by atoms with Crippen molar-refractivity contribution in [3.05, 3.63) is 34.8 Å². The molecule has 2 aromatic rings. The average molecular weight is 326 g/mol. The predicted octanol–water partition coefficient (Wildman–Crippen LogP) is 3.42. The van der Waals surface area contributed by atoms with Gasteiger partial charge in [0.05, 0.1) is 0 Å². The molecule has 1 unspecified atom stereocenters. The first-order valence-corrected chi connectivity index (χ1v) is 7.92. The molecule has 1 aromatic heterocycles. The van der Waals surface area contributed by atoms with Gasteiger partial charge >= 0.3 is 0 Å². The molecule has 0 aliphatic heterocycles. The van der Waals surface area contributed by atoms with E-state index in [1.807, 2.05) is 31.2 Å². The van der Waals surface area contributed by atoms with E-state index in [0.29, 0.717) is 10.1 Å². The number of halogens is 1. The SMILES string of the molecule is CCc1ccc(OC(C)c2nnc(NC(=O)CCl)s2)cc1. The summed E-state index contributed by atoms with van der Waals surface area (Å²) in [4.78, 5) is 11.2. The van der Waals surface area contributed by atoms with Crippen LogP contribution in [0.3, 0.4) is 0 Å². The van der Waals surface area contributed by atoms with Crippen LogP contribution in [-0.4, -0.2) is 22.0 Å². The molecular formula is C14H16ClN3O2S. The van der Waals surface area contributed by atoms with E-state index >= 15 is 0 Å². The molecule has 21 heavy (non-hydrogen) atoms. The van der Waals surface area contributed by atoms with Crippen molar-refractivity contribution in [2.75, 3.05) is 11.2 Å². The lowest BCUT2D eigenvalue weighted by Crippen LogP contribution is -2.12. The van der Waals surface area contributed by atoms with Crippen LogP contribution in [0.4, 0.5) is 5.13 Å². The lowest BCUT2D eigenvalue weighted by Gasteiger charge is -2.11. The molecule has 112 valence electrons. The lowest BCUT2D eigenvalue weighted by molar-refractivity contribution is -0.113. The summed E-state index contributed by atoms with van der Waals surface area (Å²) >= 11 is 6.70. The molecule has 0 fully saturated rings. The number of aryl methyl sites for hydroxylation is 1. The number of carbonyl (C=O) groups excluding carboxylic acids is 1. The lowest BCUT2D eigenvalue weighted by atomic mass is 10.2. The Morgan fingerprint density at radius 2 is 2.10 bits per heavy atom. The molecule has 0 spiro atoms. The van der Waals surface area contributed by atoms with Crippen LogP contribution >= 0.6 is 22.9 Å². The second kappa shape index (κ2) is 7.38. The van der Waals surface area contributed by atoms with Gasteiger partial charge in [-0.2, -0.15) is 0 Å². The number of amides is 1. The highest BCUT2D eigenvalue weighted by atomic mass is 35.5. The van der Waals surface area contributed by atoms with Crippen LogP contribution in [0, 0.1) is 0 Å². The van der Waals surface area contributed by atoms with Crippen LogP contribution in [0.2, 0.25) is 0 Å². The van der Waals surface area contributed by atoms with Crippen LogP contribution in [0.15, 0.2) is 24.3 Å². The van der Waals surface area contributed by atoms with E-state index in [1.54, 1.807) is 0 Å². The fourth-order valence-electron chi connectivity index (χ4n) is 1.66. The Labute approximate surface area is 132 Å². The number of nitrogens with zero attached hydrogens (tertiary/aromatic N) is 2. The number of aromatic nitrogens is 2. The van der Waals surface area contributed by atoms with Crippen molar-refractivity contribution in [3.63, 3.8) is 0 Å². The van der Waals surface area contributed by atoms with Gasteiger partial charge in [0.25, 0.3) is 0 Å². The largest absolute Gasteiger partial charge is 0.483 e. The Morgan fingerprint density at radius 3 is 2.71 bits per heavy atom. The van der Waals surface area contributed by atoms with Gasteiger partial charge in [-0.3, -0.25) is 10.1 Å². The maximum Gasteiger partial charge on any atom is 0.241 e. The monoisotopic (exact) mass is 325 g/mol. The van der Waals surface area contributed by atoms with Crippen molar-refractivity contribution in [2.24, 2.45) is 0 Å². The normalized spacial score (nSPS) is 12.0. The molecule has 0 aliphatic rings. The van der Waals surface area contributed by atoms with Crippen LogP contribution in [-0.2, 0) is 11.2 Å². The Morgan fingerprint density at radius 1 is 1.38 bits per heavy atom. The third kappa shape index (κ3) is 4.41. The van der Waals surface area contributed by atoms with Crippen LogP contribution in [0.5, 0.6) is 5.75 Å². The van der Waals surface area contributed by atoms with E-state index < -0.39 is 0 Å². The summed E-state index contributed by atoms with van der Waals surface area (Å²) in [7, 11) is 0. The highest BCUT2D eigenvalue weighted by molar-refractivity contribution is 7.15. The summed E-state index contributed by atoms with van der Waals surface area (Å²) in [6.45, 7) is 4.00. The molecule has 5 nitrogen and oxygen atoms in total. The van der Waals surface area contributed by atoms with Crippen LogP contribution < -0.4 is 10.1 Å².